The van der Waals surface area contributed by atoms with Gasteiger partial charge in [-0.3, -0.25) is 19.3 Å². The van der Waals surface area contributed by atoms with Crippen molar-refractivity contribution in [3.05, 3.63) is 48.6 Å². The lowest BCUT2D eigenvalue weighted by Crippen LogP contribution is -2.58. The number of nitrogens with zero attached hydrogens (tertiary/aromatic N) is 4. The molecule has 0 saturated carbocycles. The average Bonchev–Trinajstić information content (AvgIpc) is 2.75. The Kier molecular flexibility index (Phi) is 7.04. The second-order valence-electron chi connectivity index (χ2n) is 7.72. The number of hydrogen-bond acceptors (Lipinski definition) is 4. The summed E-state index contributed by atoms with van der Waals surface area (Å²) in [4.78, 5) is 44.4. The van der Waals surface area contributed by atoms with Gasteiger partial charge in [-0.25, -0.2) is 0 Å². The molecule has 0 radical (unpaired) electrons. The van der Waals surface area contributed by atoms with Gasteiger partial charge in [-0.2, -0.15) is 0 Å². The molecule has 0 bridgehead atoms. The lowest BCUT2D eigenvalue weighted by molar-refractivity contribution is -0.144. The topological polar surface area (TPSA) is 64.2 Å². The molecular formula is C22H30N4O3. The van der Waals surface area contributed by atoms with Crippen LogP contribution >= 0.6 is 0 Å². The van der Waals surface area contributed by atoms with Crippen LogP contribution in [-0.4, -0.2) is 89.7 Å². The highest BCUT2D eigenvalue weighted by molar-refractivity contribution is 5.90. The summed E-state index contributed by atoms with van der Waals surface area (Å²) in [6.07, 6.45) is 3.08. The molecule has 0 aromatic heterocycles. The molecule has 0 N–H and O–H groups in total. The molecule has 2 aliphatic rings. The number of likely N-dealkylation sites (N-methyl/N-ethyl adjacent to an activating group) is 1. The van der Waals surface area contributed by atoms with Crippen LogP contribution in [-0.2, 0) is 20.9 Å². The number of benzene rings is 1. The van der Waals surface area contributed by atoms with Gasteiger partial charge in [0.15, 0.2) is 0 Å². The molecule has 1 unspecified atom stereocenters. The largest absolute Gasteiger partial charge is 0.339 e. The van der Waals surface area contributed by atoms with Crippen molar-refractivity contribution in [2.24, 2.45) is 0 Å². The highest BCUT2D eigenvalue weighted by Gasteiger charge is 2.35. The summed E-state index contributed by atoms with van der Waals surface area (Å²) in [5.74, 6) is -0.137. The van der Waals surface area contributed by atoms with Crippen LogP contribution in [0.4, 0.5) is 0 Å². The third-order valence-corrected chi connectivity index (χ3v) is 5.75. The van der Waals surface area contributed by atoms with Gasteiger partial charge < -0.3 is 14.7 Å². The van der Waals surface area contributed by atoms with Crippen molar-refractivity contribution in [1.82, 2.24) is 19.6 Å². The molecule has 0 aliphatic carbocycles. The van der Waals surface area contributed by atoms with Gasteiger partial charge in [0.1, 0.15) is 0 Å². The van der Waals surface area contributed by atoms with E-state index in [1.807, 2.05) is 23.1 Å². The van der Waals surface area contributed by atoms with Gasteiger partial charge in [0.05, 0.1) is 12.6 Å². The third-order valence-electron chi connectivity index (χ3n) is 5.75. The Hall–Kier alpha value is -2.67. The Bertz CT molecular complexity index is 744. The predicted molar refractivity (Wildman–Crippen MR) is 111 cm³/mol. The molecule has 1 atom stereocenters. The van der Waals surface area contributed by atoms with Gasteiger partial charge in [-0.15, -0.1) is 0 Å². The summed E-state index contributed by atoms with van der Waals surface area (Å²) >= 11 is 0. The zero-order valence-electron chi connectivity index (χ0n) is 17.1. The lowest BCUT2D eigenvalue weighted by atomic mass is 10.0. The number of amides is 3. The van der Waals surface area contributed by atoms with Crippen molar-refractivity contribution >= 4 is 17.7 Å². The van der Waals surface area contributed by atoms with Crippen molar-refractivity contribution in [2.45, 2.75) is 25.4 Å². The molecule has 156 valence electrons. The fourth-order valence-corrected chi connectivity index (χ4v) is 4.04. The maximum atomic E-state index is 13.0. The summed E-state index contributed by atoms with van der Waals surface area (Å²) < 4.78 is 0. The van der Waals surface area contributed by atoms with E-state index in [1.54, 1.807) is 11.9 Å². The van der Waals surface area contributed by atoms with E-state index in [-0.39, 0.29) is 30.3 Å². The van der Waals surface area contributed by atoms with Crippen molar-refractivity contribution < 1.29 is 14.4 Å². The minimum absolute atomic E-state index is 0.0536. The maximum absolute atomic E-state index is 13.0. The smallest absolute Gasteiger partial charge is 0.246 e. The molecule has 3 amide bonds. The first-order valence-electron chi connectivity index (χ1n) is 10.2. The van der Waals surface area contributed by atoms with E-state index in [0.29, 0.717) is 32.7 Å². The highest BCUT2D eigenvalue weighted by atomic mass is 16.2. The summed E-state index contributed by atoms with van der Waals surface area (Å²) in [7, 11) is 1.60. The molecule has 7 nitrogen and oxygen atoms in total. The Morgan fingerprint density at radius 3 is 2.48 bits per heavy atom. The fraction of sp³-hybridized carbons (Fsp3) is 0.500. The maximum Gasteiger partial charge on any atom is 0.246 e. The summed E-state index contributed by atoms with van der Waals surface area (Å²) in [6.45, 7) is 7.47. The number of hydrogen-bond donors (Lipinski definition) is 0. The summed E-state index contributed by atoms with van der Waals surface area (Å²) in [5.41, 5.74) is 1.15. The molecule has 2 fully saturated rings. The number of carbonyl (C=O) groups is 3. The first kappa shape index (κ1) is 21.0. The molecule has 2 aliphatic heterocycles. The normalized spacial score (nSPS) is 20.4. The third kappa shape index (κ3) is 5.23. The van der Waals surface area contributed by atoms with Crippen LogP contribution in [0, 0.1) is 0 Å². The first-order chi connectivity index (χ1) is 14.0. The first-order valence-corrected chi connectivity index (χ1v) is 10.2. The Balaban J connectivity index is 1.52. The van der Waals surface area contributed by atoms with Gasteiger partial charge >= 0.3 is 0 Å². The molecule has 2 heterocycles. The quantitative estimate of drug-likeness (QED) is 0.670. The van der Waals surface area contributed by atoms with E-state index in [0.717, 1.165) is 24.9 Å². The van der Waals surface area contributed by atoms with Crippen LogP contribution in [0.1, 0.15) is 18.4 Å². The zero-order valence-corrected chi connectivity index (χ0v) is 17.1. The number of likely N-dealkylation sites (tertiary alicyclic amines) is 1. The van der Waals surface area contributed by atoms with E-state index in [9.17, 15) is 14.4 Å². The molecule has 3 rings (SSSR count). The highest BCUT2D eigenvalue weighted by Crippen LogP contribution is 2.21. The molecule has 0 spiro atoms. The number of piperidine rings is 1. The zero-order chi connectivity index (χ0) is 20.8. The van der Waals surface area contributed by atoms with Crippen LogP contribution in [0.25, 0.3) is 0 Å². The van der Waals surface area contributed by atoms with Gasteiger partial charge in [-0.1, -0.05) is 36.9 Å². The SMILES string of the molecule is C=CC(=O)N(C)CC(=O)N1CCN(C2CCCN(Cc3ccccc3)C2=O)CC1. The van der Waals surface area contributed by atoms with E-state index >= 15 is 0 Å². The van der Waals surface area contributed by atoms with E-state index in [2.05, 4.69) is 23.6 Å². The molecule has 29 heavy (non-hydrogen) atoms. The predicted octanol–water partition coefficient (Wildman–Crippen LogP) is 0.966. The second-order valence-corrected chi connectivity index (χ2v) is 7.72. The van der Waals surface area contributed by atoms with Gasteiger partial charge in [0.25, 0.3) is 0 Å². The lowest BCUT2D eigenvalue weighted by Gasteiger charge is -2.42. The van der Waals surface area contributed by atoms with Crippen molar-refractivity contribution in [1.29, 1.82) is 0 Å². The number of carbonyl (C=O) groups excluding carboxylic acids is 3. The molecule has 1 aromatic carbocycles. The van der Waals surface area contributed by atoms with Crippen LogP contribution in [0.2, 0.25) is 0 Å². The van der Waals surface area contributed by atoms with Crippen LogP contribution < -0.4 is 0 Å². The number of rotatable bonds is 6. The van der Waals surface area contributed by atoms with Crippen molar-refractivity contribution in [3.63, 3.8) is 0 Å². The van der Waals surface area contributed by atoms with Crippen LogP contribution in [0.5, 0.6) is 0 Å². The van der Waals surface area contributed by atoms with E-state index in [4.69, 9.17) is 0 Å². The van der Waals surface area contributed by atoms with Crippen molar-refractivity contribution in [3.8, 4) is 0 Å². The molecular weight excluding hydrogens is 368 g/mol. The minimum Gasteiger partial charge on any atom is -0.339 e. The van der Waals surface area contributed by atoms with Gasteiger partial charge in [0, 0.05) is 46.3 Å². The Morgan fingerprint density at radius 2 is 1.83 bits per heavy atom. The Labute approximate surface area is 172 Å². The minimum atomic E-state index is -0.261. The monoisotopic (exact) mass is 398 g/mol. The standard InChI is InChI=1S/C22H30N4O3/c1-3-20(27)23(2)17-21(28)25-14-12-24(13-15-25)19-10-7-11-26(22(19)29)16-18-8-5-4-6-9-18/h3-6,8-9,19H,1,7,10-17H2,2H3. The van der Waals surface area contributed by atoms with Gasteiger partial charge in [-0.05, 0) is 24.5 Å². The fourth-order valence-electron chi connectivity index (χ4n) is 4.04. The van der Waals surface area contributed by atoms with Gasteiger partial charge in [0.2, 0.25) is 17.7 Å². The Morgan fingerprint density at radius 1 is 1.14 bits per heavy atom. The molecule has 1 aromatic rings. The number of piperazine rings is 1. The van der Waals surface area contributed by atoms with Crippen molar-refractivity contribution in [2.75, 3.05) is 46.3 Å². The summed E-state index contributed by atoms with van der Waals surface area (Å²) in [5, 5.41) is 0. The summed E-state index contributed by atoms with van der Waals surface area (Å²) in [6, 6.07) is 9.98. The average molecular weight is 399 g/mol. The van der Waals surface area contributed by atoms with Crippen LogP contribution in [0.15, 0.2) is 43.0 Å². The molecule has 7 heteroatoms. The van der Waals surface area contributed by atoms with E-state index < -0.39 is 0 Å². The second kappa shape index (κ2) is 9.69. The molecule has 2 saturated heterocycles. The van der Waals surface area contributed by atoms with Crippen LogP contribution in [0.3, 0.4) is 0 Å². The van der Waals surface area contributed by atoms with E-state index in [1.165, 1.54) is 11.0 Å².